The summed E-state index contributed by atoms with van der Waals surface area (Å²) in [6.07, 6.45) is 4.28. The molecule has 0 fully saturated rings. The summed E-state index contributed by atoms with van der Waals surface area (Å²) in [6, 6.07) is 2.04. The molecule has 0 spiro atoms. The minimum Gasteiger partial charge on any atom is -0.493 e. The number of fused-ring (bicyclic) bond motifs is 1. The maximum atomic E-state index is 5.48. The van der Waals surface area contributed by atoms with Crippen LogP contribution in [0.1, 0.15) is 24.5 Å². The Morgan fingerprint density at radius 2 is 1.65 bits per heavy atom. The second-order valence-corrected chi connectivity index (χ2v) is 4.21. The van der Waals surface area contributed by atoms with Crippen molar-refractivity contribution in [3.63, 3.8) is 0 Å². The zero-order valence-corrected chi connectivity index (χ0v) is 10.8. The number of hydrogen-bond acceptors (Lipinski definition) is 3. The van der Waals surface area contributed by atoms with E-state index in [4.69, 9.17) is 14.2 Å². The molecule has 0 atom stereocenters. The summed E-state index contributed by atoms with van der Waals surface area (Å²) in [6.45, 7) is 2.14. The number of rotatable bonds is 3. The van der Waals surface area contributed by atoms with Gasteiger partial charge in [0.05, 0.1) is 21.3 Å². The lowest BCUT2D eigenvalue weighted by atomic mass is 9.91. The van der Waals surface area contributed by atoms with Crippen LogP contribution in [0.5, 0.6) is 17.2 Å². The average molecular weight is 234 g/mol. The third-order valence-corrected chi connectivity index (χ3v) is 3.13. The summed E-state index contributed by atoms with van der Waals surface area (Å²) < 4.78 is 16.2. The van der Waals surface area contributed by atoms with Crippen LogP contribution in [-0.4, -0.2) is 21.3 Å². The molecule has 0 aromatic heterocycles. The standard InChI is InChI=1S/C14H18O3/c1-9-5-6-10-8-12(15-2)14(17-4)13(16-3)11(10)7-9/h7-8H,5-6H2,1-4H3. The molecule has 3 heteroatoms. The summed E-state index contributed by atoms with van der Waals surface area (Å²) >= 11 is 0. The summed E-state index contributed by atoms with van der Waals surface area (Å²) in [5.41, 5.74) is 3.74. The smallest absolute Gasteiger partial charge is 0.203 e. The Bertz CT molecular complexity index is 461. The van der Waals surface area contributed by atoms with Crippen LogP contribution in [0.15, 0.2) is 11.6 Å². The summed E-state index contributed by atoms with van der Waals surface area (Å²) in [5, 5.41) is 0. The zero-order chi connectivity index (χ0) is 12.4. The van der Waals surface area contributed by atoms with Crippen LogP contribution in [-0.2, 0) is 6.42 Å². The van der Waals surface area contributed by atoms with Gasteiger partial charge < -0.3 is 14.2 Å². The highest BCUT2D eigenvalue weighted by molar-refractivity contribution is 5.72. The number of aryl methyl sites for hydroxylation is 1. The molecule has 0 heterocycles. The SMILES string of the molecule is COc1cc2c(c(OC)c1OC)C=C(C)CC2. The van der Waals surface area contributed by atoms with Crippen molar-refractivity contribution >= 4 is 6.08 Å². The molecule has 0 bridgehead atoms. The van der Waals surface area contributed by atoms with E-state index >= 15 is 0 Å². The van der Waals surface area contributed by atoms with Crippen molar-refractivity contribution in [2.75, 3.05) is 21.3 Å². The van der Waals surface area contributed by atoms with Crippen molar-refractivity contribution in [3.8, 4) is 17.2 Å². The molecule has 1 aromatic rings. The highest BCUT2D eigenvalue weighted by Gasteiger charge is 2.21. The van der Waals surface area contributed by atoms with Crippen LogP contribution in [0.25, 0.3) is 6.08 Å². The molecular weight excluding hydrogens is 216 g/mol. The molecule has 92 valence electrons. The Labute approximate surface area is 102 Å². The van der Waals surface area contributed by atoms with E-state index in [9.17, 15) is 0 Å². The highest BCUT2D eigenvalue weighted by atomic mass is 16.5. The molecule has 0 saturated carbocycles. The van der Waals surface area contributed by atoms with E-state index < -0.39 is 0 Å². The fourth-order valence-corrected chi connectivity index (χ4v) is 2.24. The minimum absolute atomic E-state index is 0.666. The Morgan fingerprint density at radius 1 is 0.941 bits per heavy atom. The molecule has 2 rings (SSSR count). The maximum absolute atomic E-state index is 5.48. The van der Waals surface area contributed by atoms with Crippen molar-refractivity contribution < 1.29 is 14.2 Å². The molecule has 0 unspecified atom stereocenters. The van der Waals surface area contributed by atoms with Crippen molar-refractivity contribution in [2.45, 2.75) is 19.8 Å². The van der Waals surface area contributed by atoms with Gasteiger partial charge in [-0.25, -0.2) is 0 Å². The Morgan fingerprint density at radius 3 is 2.24 bits per heavy atom. The van der Waals surface area contributed by atoms with Gasteiger partial charge in [0.2, 0.25) is 5.75 Å². The lowest BCUT2D eigenvalue weighted by molar-refractivity contribution is 0.323. The quantitative estimate of drug-likeness (QED) is 0.804. The molecule has 0 radical (unpaired) electrons. The Kier molecular flexibility index (Phi) is 3.27. The van der Waals surface area contributed by atoms with Crippen LogP contribution in [0.4, 0.5) is 0 Å². The van der Waals surface area contributed by atoms with Gasteiger partial charge in [0.25, 0.3) is 0 Å². The Balaban J connectivity index is 2.67. The third-order valence-electron chi connectivity index (χ3n) is 3.13. The fourth-order valence-electron chi connectivity index (χ4n) is 2.24. The van der Waals surface area contributed by atoms with E-state index in [1.807, 2.05) is 6.07 Å². The number of allylic oxidation sites excluding steroid dienone is 1. The Hall–Kier alpha value is -1.64. The van der Waals surface area contributed by atoms with Gasteiger partial charge in [-0.1, -0.05) is 11.6 Å². The van der Waals surface area contributed by atoms with Crippen molar-refractivity contribution in [1.29, 1.82) is 0 Å². The molecule has 1 aliphatic carbocycles. The van der Waals surface area contributed by atoms with Gasteiger partial charge in [0.15, 0.2) is 11.5 Å². The molecular formula is C14H18O3. The molecule has 0 N–H and O–H groups in total. The van der Waals surface area contributed by atoms with Gasteiger partial charge in [-0.3, -0.25) is 0 Å². The van der Waals surface area contributed by atoms with Crippen LogP contribution in [0.2, 0.25) is 0 Å². The molecule has 17 heavy (non-hydrogen) atoms. The number of hydrogen-bond donors (Lipinski definition) is 0. The summed E-state index contributed by atoms with van der Waals surface area (Å²) in [5.74, 6) is 2.16. The van der Waals surface area contributed by atoms with E-state index in [0.717, 1.165) is 29.9 Å². The largest absolute Gasteiger partial charge is 0.493 e. The maximum Gasteiger partial charge on any atom is 0.203 e. The van der Waals surface area contributed by atoms with Crippen LogP contribution < -0.4 is 14.2 Å². The highest BCUT2D eigenvalue weighted by Crippen LogP contribution is 2.44. The van der Waals surface area contributed by atoms with Crippen molar-refractivity contribution in [3.05, 3.63) is 22.8 Å². The van der Waals surface area contributed by atoms with E-state index in [2.05, 4.69) is 13.0 Å². The van der Waals surface area contributed by atoms with Gasteiger partial charge in [-0.2, -0.15) is 0 Å². The number of benzene rings is 1. The first-order chi connectivity index (χ1) is 8.21. The number of methoxy groups -OCH3 is 3. The van der Waals surface area contributed by atoms with E-state index in [-0.39, 0.29) is 0 Å². The van der Waals surface area contributed by atoms with E-state index in [1.54, 1.807) is 21.3 Å². The first-order valence-corrected chi connectivity index (χ1v) is 5.70. The van der Waals surface area contributed by atoms with Crippen LogP contribution >= 0.6 is 0 Å². The number of ether oxygens (including phenoxy) is 3. The topological polar surface area (TPSA) is 27.7 Å². The van der Waals surface area contributed by atoms with E-state index in [1.165, 1.54) is 11.1 Å². The van der Waals surface area contributed by atoms with Crippen LogP contribution in [0.3, 0.4) is 0 Å². The molecule has 3 nitrogen and oxygen atoms in total. The van der Waals surface area contributed by atoms with Crippen molar-refractivity contribution in [1.82, 2.24) is 0 Å². The lowest BCUT2D eigenvalue weighted by Gasteiger charge is -2.21. The van der Waals surface area contributed by atoms with Gasteiger partial charge in [-0.05, 0) is 31.4 Å². The molecule has 0 saturated heterocycles. The third kappa shape index (κ3) is 1.97. The average Bonchev–Trinajstić information content (AvgIpc) is 2.36. The van der Waals surface area contributed by atoms with Gasteiger partial charge >= 0.3 is 0 Å². The zero-order valence-electron chi connectivity index (χ0n) is 10.8. The fraction of sp³-hybridized carbons (Fsp3) is 0.429. The predicted molar refractivity (Wildman–Crippen MR) is 68.1 cm³/mol. The van der Waals surface area contributed by atoms with Crippen LogP contribution in [0, 0.1) is 0 Å². The van der Waals surface area contributed by atoms with E-state index in [0.29, 0.717) is 5.75 Å². The lowest BCUT2D eigenvalue weighted by Crippen LogP contribution is -2.04. The molecule has 0 aliphatic heterocycles. The normalized spacial score (nSPS) is 13.8. The predicted octanol–water partition coefficient (Wildman–Crippen LogP) is 3.06. The van der Waals surface area contributed by atoms with Gasteiger partial charge in [-0.15, -0.1) is 0 Å². The van der Waals surface area contributed by atoms with Gasteiger partial charge in [0.1, 0.15) is 0 Å². The molecule has 1 aliphatic rings. The summed E-state index contributed by atoms with van der Waals surface area (Å²) in [7, 11) is 4.94. The minimum atomic E-state index is 0.666. The van der Waals surface area contributed by atoms with Gasteiger partial charge in [0, 0.05) is 5.56 Å². The summed E-state index contributed by atoms with van der Waals surface area (Å²) in [4.78, 5) is 0. The second kappa shape index (κ2) is 4.70. The first-order valence-electron chi connectivity index (χ1n) is 5.70. The molecule has 1 aromatic carbocycles. The molecule has 0 amide bonds. The van der Waals surface area contributed by atoms with Crippen molar-refractivity contribution in [2.24, 2.45) is 0 Å². The monoisotopic (exact) mass is 234 g/mol. The second-order valence-electron chi connectivity index (χ2n) is 4.21. The first kappa shape index (κ1) is 11.8.